The molecule has 6 heteroatoms. The van der Waals surface area contributed by atoms with Crippen LogP contribution in [-0.4, -0.2) is 21.6 Å². The molecule has 0 bridgehead atoms. The highest BCUT2D eigenvalue weighted by atomic mass is 19.1. The summed E-state index contributed by atoms with van der Waals surface area (Å²) in [6, 6.07) is 6.43. The van der Waals surface area contributed by atoms with Crippen molar-refractivity contribution in [2.45, 2.75) is 19.5 Å². The third kappa shape index (κ3) is 2.32. The van der Waals surface area contributed by atoms with Crippen LogP contribution in [0.4, 0.5) is 10.1 Å². The lowest BCUT2D eigenvalue weighted by molar-refractivity contribution is -0.121. The van der Waals surface area contributed by atoms with Gasteiger partial charge in [0, 0.05) is 0 Å². The molecule has 5 nitrogen and oxygen atoms in total. The zero-order valence-corrected chi connectivity index (χ0v) is 11.9. The van der Waals surface area contributed by atoms with Gasteiger partial charge in [-0.15, -0.1) is 0 Å². The van der Waals surface area contributed by atoms with E-state index in [0.717, 1.165) is 0 Å². The molecule has 1 unspecified atom stereocenters. The van der Waals surface area contributed by atoms with E-state index >= 15 is 0 Å². The molecular weight excluding hydrogens is 285 g/mol. The van der Waals surface area contributed by atoms with E-state index < -0.39 is 11.9 Å². The molecule has 1 aliphatic rings. The van der Waals surface area contributed by atoms with E-state index in [-0.39, 0.29) is 18.2 Å². The number of halogens is 1. The Morgan fingerprint density at radius 2 is 2.18 bits per heavy atom. The van der Waals surface area contributed by atoms with Crippen molar-refractivity contribution in [3.63, 3.8) is 0 Å². The Hall–Kier alpha value is -2.76. The monoisotopic (exact) mass is 299 g/mol. The molecule has 0 spiro atoms. The van der Waals surface area contributed by atoms with Gasteiger partial charge in [-0.3, -0.25) is 14.6 Å². The molecule has 2 aromatic rings. The Bertz CT molecular complexity index is 776. The van der Waals surface area contributed by atoms with Crippen LogP contribution in [0.1, 0.15) is 34.6 Å². The molecule has 2 heterocycles. The minimum Gasteiger partial charge on any atom is -0.397 e. The number of anilines is 1. The van der Waals surface area contributed by atoms with E-state index in [2.05, 4.69) is 4.98 Å². The van der Waals surface area contributed by atoms with Crippen molar-refractivity contribution in [3.8, 4) is 0 Å². The van der Waals surface area contributed by atoms with Crippen LogP contribution in [0.15, 0.2) is 36.5 Å². The smallest absolute Gasteiger partial charge is 0.257 e. The second-order valence-electron chi connectivity index (χ2n) is 5.26. The molecule has 0 aliphatic carbocycles. The number of carbonyl (C=O) groups excluding carboxylic acids is 2. The lowest BCUT2D eigenvalue weighted by atomic mass is 10.0. The Kier molecular flexibility index (Phi) is 3.36. The van der Waals surface area contributed by atoms with Crippen LogP contribution < -0.4 is 5.73 Å². The van der Waals surface area contributed by atoms with Crippen LogP contribution in [0.3, 0.4) is 0 Å². The molecule has 3 rings (SSSR count). The maximum atomic E-state index is 13.4. The molecule has 0 saturated carbocycles. The van der Waals surface area contributed by atoms with Crippen molar-refractivity contribution in [1.29, 1.82) is 0 Å². The van der Waals surface area contributed by atoms with Crippen molar-refractivity contribution in [1.82, 2.24) is 9.88 Å². The predicted molar refractivity (Wildman–Crippen MR) is 78.3 cm³/mol. The Labute approximate surface area is 126 Å². The van der Waals surface area contributed by atoms with Crippen molar-refractivity contribution in [2.24, 2.45) is 0 Å². The summed E-state index contributed by atoms with van der Waals surface area (Å²) >= 11 is 0. The SMILES string of the molecule is CC(=O)C(c1cccc(F)c1)N1Cc2ncc(N)cc2C1=O. The Morgan fingerprint density at radius 3 is 2.86 bits per heavy atom. The van der Waals surface area contributed by atoms with Crippen LogP contribution in [0, 0.1) is 5.82 Å². The number of pyridine rings is 1. The van der Waals surface area contributed by atoms with Crippen LogP contribution >= 0.6 is 0 Å². The zero-order chi connectivity index (χ0) is 15.9. The molecule has 0 saturated heterocycles. The summed E-state index contributed by atoms with van der Waals surface area (Å²) in [4.78, 5) is 30.1. The van der Waals surface area contributed by atoms with E-state index in [9.17, 15) is 14.0 Å². The summed E-state index contributed by atoms with van der Waals surface area (Å²) in [5.41, 5.74) is 7.45. The number of hydrogen-bond donors (Lipinski definition) is 1. The number of amides is 1. The Balaban J connectivity index is 2.02. The van der Waals surface area contributed by atoms with Crippen LogP contribution in [-0.2, 0) is 11.3 Å². The fourth-order valence-electron chi connectivity index (χ4n) is 2.73. The highest BCUT2D eigenvalue weighted by Gasteiger charge is 2.36. The number of hydrogen-bond acceptors (Lipinski definition) is 4. The van der Waals surface area contributed by atoms with Gasteiger partial charge in [0.05, 0.1) is 29.7 Å². The second-order valence-corrected chi connectivity index (χ2v) is 5.26. The third-order valence-corrected chi connectivity index (χ3v) is 3.66. The molecule has 112 valence electrons. The molecule has 1 aromatic heterocycles. The number of rotatable bonds is 3. The van der Waals surface area contributed by atoms with Crippen molar-refractivity contribution in [2.75, 3.05) is 5.73 Å². The van der Waals surface area contributed by atoms with E-state index in [4.69, 9.17) is 5.73 Å². The topological polar surface area (TPSA) is 76.3 Å². The second kappa shape index (κ2) is 5.22. The van der Waals surface area contributed by atoms with E-state index in [1.54, 1.807) is 12.1 Å². The van der Waals surface area contributed by atoms with Crippen molar-refractivity contribution < 1.29 is 14.0 Å². The summed E-state index contributed by atoms with van der Waals surface area (Å²) < 4.78 is 13.4. The summed E-state index contributed by atoms with van der Waals surface area (Å²) in [5.74, 6) is -1.01. The fourth-order valence-corrected chi connectivity index (χ4v) is 2.73. The number of nitrogen functional groups attached to an aromatic ring is 1. The maximum absolute atomic E-state index is 13.4. The first kappa shape index (κ1) is 14.2. The van der Waals surface area contributed by atoms with E-state index in [1.807, 2.05) is 0 Å². The van der Waals surface area contributed by atoms with E-state index in [0.29, 0.717) is 22.5 Å². The van der Waals surface area contributed by atoms with Crippen molar-refractivity contribution in [3.05, 3.63) is 59.2 Å². The molecule has 0 fully saturated rings. The van der Waals surface area contributed by atoms with Gasteiger partial charge in [0.1, 0.15) is 11.9 Å². The number of benzene rings is 1. The highest BCUT2D eigenvalue weighted by molar-refractivity contribution is 6.01. The van der Waals surface area contributed by atoms with Gasteiger partial charge in [0.2, 0.25) is 0 Å². The van der Waals surface area contributed by atoms with Gasteiger partial charge >= 0.3 is 0 Å². The average molecular weight is 299 g/mol. The molecule has 1 aromatic carbocycles. The summed E-state index contributed by atoms with van der Waals surface area (Å²) in [7, 11) is 0. The molecule has 1 aliphatic heterocycles. The number of nitrogens with zero attached hydrogens (tertiary/aromatic N) is 2. The number of fused-ring (bicyclic) bond motifs is 1. The highest BCUT2D eigenvalue weighted by Crippen LogP contribution is 2.32. The van der Waals surface area contributed by atoms with Crippen LogP contribution in [0.25, 0.3) is 0 Å². The molecule has 2 N–H and O–H groups in total. The number of ketones is 1. The summed E-state index contributed by atoms with van der Waals surface area (Å²) in [5, 5.41) is 0. The number of nitrogens with two attached hydrogens (primary N) is 1. The average Bonchev–Trinajstić information content (AvgIpc) is 2.76. The normalized spacial score (nSPS) is 14.8. The summed E-state index contributed by atoms with van der Waals surface area (Å²) in [6.45, 7) is 1.59. The van der Waals surface area contributed by atoms with Gasteiger partial charge in [-0.25, -0.2) is 4.39 Å². The number of Topliss-reactive ketones (excluding diaryl/α,β-unsaturated/α-hetero) is 1. The van der Waals surface area contributed by atoms with Gasteiger partial charge in [0.25, 0.3) is 5.91 Å². The standard InChI is InChI=1S/C16H14FN3O2/c1-9(21)15(10-3-2-4-11(17)5-10)20-8-14-13(16(20)22)6-12(18)7-19-14/h2-7,15H,8,18H2,1H3. The molecule has 0 radical (unpaired) electrons. The molecule has 1 atom stereocenters. The van der Waals surface area contributed by atoms with E-state index in [1.165, 1.54) is 36.2 Å². The number of carbonyl (C=O) groups is 2. The maximum Gasteiger partial charge on any atom is 0.257 e. The first-order valence-electron chi connectivity index (χ1n) is 6.78. The molecular formula is C16H14FN3O2. The van der Waals surface area contributed by atoms with Gasteiger partial charge in [-0.05, 0) is 30.7 Å². The molecule has 1 amide bonds. The minimum atomic E-state index is -0.835. The zero-order valence-electron chi connectivity index (χ0n) is 11.9. The first-order valence-corrected chi connectivity index (χ1v) is 6.78. The lowest BCUT2D eigenvalue weighted by Gasteiger charge is -2.25. The van der Waals surface area contributed by atoms with Crippen LogP contribution in [0.5, 0.6) is 0 Å². The minimum absolute atomic E-state index is 0.204. The number of aromatic nitrogens is 1. The van der Waals surface area contributed by atoms with Gasteiger partial charge in [-0.1, -0.05) is 12.1 Å². The van der Waals surface area contributed by atoms with Crippen molar-refractivity contribution >= 4 is 17.4 Å². The fraction of sp³-hybridized carbons (Fsp3) is 0.188. The predicted octanol–water partition coefficient (Wildman–Crippen LogP) is 2.09. The largest absolute Gasteiger partial charge is 0.397 e. The molecule has 22 heavy (non-hydrogen) atoms. The van der Waals surface area contributed by atoms with Gasteiger partial charge in [-0.2, -0.15) is 0 Å². The quantitative estimate of drug-likeness (QED) is 0.941. The lowest BCUT2D eigenvalue weighted by Crippen LogP contribution is -2.33. The van der Waals surface area contributed by atoms with Crippen LogP contribution in [0.2, 0.25) is 0 Å². The van der Waals surface area contributed by atoms with Gasteiger partial charge < -0.3 is 10.6 Å². The Morgan fingerprint density at radius 1 is 1.41 bits per heavy atom. The van der Waals surface area contributed by atoms with Gasteiger partial charge in [0.15, 0.2) is 5.78 Å². The summed E-state index contributed by atoms with van der Waals surface area (Å²) in [6.07, 6.45) is 1.47. The third-order valence-electron chi connectivity index (χ3n) is 3.66. The first-order chi connectivity index (χ1) is 10.5.